The number of carbonyl (C=O) groups excluding carboxylic acids is 3. The van der Waals surface area contributed by atoms with E-state index in [1.165, 1.54) is 0 Å². The number of aryl methyl sites for hydroxylation is 1. The second kappa shape index (κ2) is 10.5. The van der Waals surface area contributed by atoms with Crippen molar-refractivity contribution in [3.63, 3.8) is 0 Å². The van der Waals surface area contributed by atoms with Gasteiger partial charge in [0, 0.05) is 31.3 Å². The monoisotopic (exact) mass is 470 g/mol. The van der Waals surface area contributed by atoms with Crippen molar-refractivity contribution in [2.24, 2.45) is 0 Å². The van der Waals surface area contributed by atoms with Crippen molar-refractivity contribution < 1.29 is 14.4 Å². The number of likely N-dealkylation sites (N-methyl/N-ethyl adjacent to an activating group) is 2. The van der Waals surface area contributed by atoms with Gasteiger partial charge in [-0.05, 0) is 49.9 Å². The predicted octanol–water partition coefficient (Wildman–Crippen LogP) is 4.02. The van der Waals surface area contributed by atoms with Crippen molar-refractivity contribution in [3.05, 3.63) is 95.1 Å². The van der Waals surface area contributed by atoms with E-state index in [0.29, 0.717) is 35.6 Å². The fraction of sp³-hybridized carbons (Fsp3) is 0.250. The maximum absolute atomic E-state index is 13.9. The minimum Gasteiger partial charge on any atom is -0.340 e. The van der Waals surface area contributed by atoms with E-state index >= 15 is 0 Å². The molecule has 4 rings (SSSR count). The van der Waals surface area contributed by atoms with Crippen LogP contribution >= 0.6 is 0 Å². The highest BCUT2D eigenvalue weighted by molar-refractivity contribution is 6.12. The van der Waals surface area contributed by atoms with Gasteiger partial charge in [0.05, 0.1) is 23.8 Å². The lowest BCUT2D eigenvalue weighted by molar-refractivity contribution is -0.116. The average Bonchev–Trinajstić information content (AvgIpc) is 3.02. The Labute approximate surface area is 205 Å². The molecule has 1 heterocycles. The van der Waals surface area contributed by atoms with Crippen molar-refractivity contribution in [1.82, 2.24) is 10.2 Å². The van der Waals surface area contributed by atoms with Gasteiger partial charge >= 0.3 is 0 Å². The Balaban J connectivity index is 1.81. The molecule has 1 aliphatic rings. The summed E-state index contributed by atoms with van der Waals surface area (Å²) in [6.45, 7) is 3.16. The van der Waals surface area contributed by atoms with Gasteiger partial charge in [0.15, 0.2) is 0 Å². The molecule has 0 fully saturated rings. The van der Waals surface area contributed by atoms with Crippen LogP contribution in [0.2, 0.25) is 0 Å². The van der Waals surface area contributed by atoms with Crippen LogP contribution in [0.1, 0.15) is 44.3 Å². The lowest BCUT2D eigenvalue weighted by Crippen LogP contribution is -2.35. The number of carbonyl (C=O) groups is 3. The van der Waals surface area contributed by atoms with Gasteiger partial charge in [-0.3, -0.25) is 19.3 Å². The SMILES string of the molecule is CNCCN(C)C(=O)c1ccc2c(c1)NC(=O)CC(c1ccccc1)N2C(=O)c1cccc(C)c1. The Morgan fingerprint density at radius 2 is 1.80 bits per heavy atom. The van der Waals surface area contributed by atoms with Crippen LogP contribution in [0.3, 0.4) is 0 Å². The largest absolute Gasteiger partial charge is 0.340 e. The van der Waals surface area contributed by atoms with Gasteiger partial charge in [-0.25, -0.2) is 0 Å². The number of anilines is 2. The molecular formula is C28H30N4O3. The van der Waals surface area contributed by atoms with Crippen LogP contribution in [0.5, 0.6) is 0 Å². The number of nitrogens with zero attached hydrogens (tertiary/aromatic N) is 2. The quantitative estimate of drug-likeness (QED) is 0.570. The van der Waals surface area contributed by atoms with Crippen molar-refractivity contribution in [2.75, 3.05) is 37.4 Å². The van der Waals surface area contributed by atoms with Crippen molar-refractivity contribution in [3.8, 4) is 0 Å². The van der Waals surface area contributed by atoms with Gasteiger partial charge in [-0.1, -0.05) is 48.0 Å². The number of hydrogen-bond acceptors (Lipinski definition) is 4. The van der Waals surface area contributed by atoms with E-state index in [1.54, 1.807) is 41.1 Å². The first kappa shape index (κ1) is 24.2. The molecule has 0 spiro atoms. The molecule has 0 aromatic heterocycles. The standard InChI is InChI=1S/C28H30N4O3/c1-19-8-7-11-21(16-19)28(35)32-24-13-12-22(27(34)31(3)15-14-29-2)17-23(24)30-26(33)18-25(32)20-9-5-4-6-10-20/h4-13,16-17,25,29H,14-15,18H2,1-3H3,(H,30,33). The van der Waals surface area contributed by atoms with Crippen molar-refractivity contribution in [2.45, 2.75) is 19.4 Å². The molecule has 0 radical (unpaired) electrons. The fourth-order valence-corrected chi connectivity index (χ4v) is 4.33. The van der Waals surface area contributed by atoms with Gasteiger partial charge in [0.1, 0.15) is 0 Å². The molecule has 0 saturated carbocycles. The van der Waals surface area contributed by atoms with Crippen LogP contribution < -0.4 is 15.5 Å². The number of rotatable bonds is 6. The molecule has 0 bridgehead atoms. The maximum atomic E-state index is 13.9. The first-order valence-electron chi connectivity index (χ1n) is 11.7. The van der Waals surface area contributed by atoms with Gasteiger partial charge in [0.2, 0.25) is 5.91 Å². The summed E-state index contributed by atoms with van der Waals surface area (Å²) in [6, 6.07) is 21.6. The average molecular weight is 471 g/mol. The van der Waals surface area contributed by atoms with E-state index in [4.69, 9.17) is 0 Å². The van der Waals surface area contributed by atoms with E-state index in [0.717, 1.165) is 11.1 Å². The van der Waals surface area contributed by atoms with Crippen molar-refractivity contribution in [1.29, 1.82) is 0 Å². The zero-order valence-corrected chi connectivity index (χ0v) is 20.2. The first-order valence-corrected chi connectivity index (χ1v) is 11.7. The highest BCUT2D eigenvalue weighted by atomic mass is 16.2. The number of benzene rings is 3. The van der Waals surface area contributed by atoms with E-state index < -0.39 is 6.04 Å². The summed E-state index contributed by atoms with van der Waals surface area (Å²) in [7, 11) is 3.57. The Bertz CT molecular complexity index is 1240. The van der Waals surface area contributed by atoms with Crippen LogP contribution in [0, 0.1) is 6.92 Å². The Kier molecular flexibility index (Phi) is 7.27. The van der Waals surface area contributed by atoms with E-state index in [-0.39, 0.29) is 24.1 Å². The molecule has 7 heteroatoms. The minimum atomic E-state index is -0.495. The third-order valence-corrected chi connectivity index (χ3v) is 6.18. The fourth-order valence-electron chi connectivity index (χ4n) is 4.33. The zero-order valence-electron chi connectivity index (χ0n) is 20.2. The molecule has 7 nitrogen and oxygen atoms in total. The molecule has 1 aliphatic heterocycles. The van der Waals surface area contributed by atoms with Gasteiger partial charge in [-0.2, -0.15) is 0 Å². The summed E-state index contributed by atoms with van der Waals surface area (Å²) in [4.78, 5) is 43.2. The van der Waals surface area contributed by atoms with E-state index in [9.17, 15) is 14.4 Å². The van der Waals surface area contributed by atoms with Gasteiger partial charge in [0.25, 0.3) is 11.8 Å². The zero-order chi connectivity index (χ0) is 24.9. The Hall–Kier alpha value is -3.97. The molecule has 35 heavy (non-hydrogen) atoms. The Morgan fingerprint density at radius 3 is 2.51 bits per heavy atom. The lowest BCUT2D eigenvalue weighted by Gasteiger charge is -2.31. The summed E-state index contributed by atoms with van der Waals surface area (Å²) in [6.07, 6.45) is 0.0988. The second-order valence-electron chi connectivity index (χ2n) is 8.79. The minimum absolute atomic E-state index is 0.0988. The number of fused-ring (bicyclic) bond motifs is 1. The predicted molar refractivity (Wildman–Crippen MR) is 138 cm³/mol. The maximum Gasteiger partial charge on any atom is 0.258 e. The number of nitrogens with one attached hydrogen (secondary N) is 2. The highest BCUT2D eigenvalue weighted by Gasteiger charge is 2.34. The normalized spacial score (nSPS) is 15.1. The lowest BCUT2D eigenvalue weighted by atomic mass is 9.99. The van der Waals surface area contributed by atoms with Crippen LogP contribution in [0.25, 0.3) is 0 Å². The third kappa shape index (κ3) is 5.25. The molecule has 1 unspecified atom stereocenters. The van der Waals surface area contributed by atoms with Crippen LogP contribution in [0.4, 0.5) is 11.4 Å². The summed E-state index contributed by atoms with van der Waals surface area (Å²) in [5.74, 6) is -0.573. The Morgan fingerprint density at radius 1 is 1.03 bits per heavy atom. The van der Waals surface area contributed by atoms with Gasteiger partial charge < -0.3 is 15.5 Å². The molecule has 180 valence electrons. The first-order chi connectivity index (χ1) is 16.9. The topological polar surface area (TPSA) is 81.8 Å². The van der Waals surface area contributed by atoms with Crippen LogP contribution in [-0.4, -0.2) is 49.8 Å². The summed E-state index contributed by atoms with van der Waals surface area (Å²) >= 11 is 0. The van der Waals surface area contributed by atoms with Gasteiger partial charge in [-0.15, -0.1) is 0 Å². The summed E-state index contributed by atoms with van der Waals surface area (Å²) in [5, 5.41) is 5.96. The third-order valence-electron chi connectivity index (χ3n) is 6.18. The second-order valence-corrected chi connectivity index (χ2v) is 8.79. The number of amides is 3. The molecule has 3 amide bonds. The van der Waals surface area contributed by atoms with Crippen molar-refractivity contribution >= 4 is 29.1 Å². The molecule has 0 aliphatic carbocycles. The molecular weight excluding hydrogens is 440 g/mol. The summed E-state index contributed by atoms with van der Waals surface area (Å²) in [5.41, 5.74) is 3.83. The van der Waals surface area contributed by atoms with Crippen LogP contribution in [-0.2, 0) is 4.79 Å². The summed E-state index contributed by atoms with van der Waals surface area (Å²) < 4.78 is 0. The van der Waals surface area contributed by atoms with E-state index in [2.05, 4.69) is 10.6 Å². The molecule has 1 atom stereocenters. The molecule has 0 saturated heterocycles. The van der Waals surface area contributed by atoms with Crippen LogP contribution in [0.15, 0.2) is 72.8 Å². The molecule has 3 aromatic carbocycles. The molecule has 3 aromatic rings. The number of hydrogen-bond donors (Lipinski definition) is 2. The highest BCUT2D eigenvalue weighted by Crippen LogP contribution is 2.39. The molecule has 2 N–H and O–H groups in total. The van der Waals surface area contributed by atoms with E-state index in [1.807, 2.05) is 62.5 Å². The smallest absolute Gasteiger partial charge is 0.258 e.